The van der Waals surface area contributed by atoms with Crippen molar-refractivity contribution in [1.82, 2.24) is 9.80 Å². The van der Waals surface area contributed by atoms with Crippen molar-refractivity contribution in [1.29, 1.82) is 5.26 Å². The highest BCUT2D eigenvalue weighted by Crippen LogP contribution is 2.12. The number of ether oxygens (including phenoxy) is 1. The summed E-state index contributed by atoms with van der Waals surface area (Å²) in [5, 5.41) is 18.7. The van der Waals surface area contributed by atoms with E-state index in [1.54, 1.807) is 29.2 Å². The molecule has 1 heterocycles. The van der Waals surface area contributed by atoms with E-state index in [4.69, 9.17) is 10.00 Å². The summed E-state index contributed by atoms with van der Waals surface area (Å²) in [6.07, 6.45) is -2.94. The molecule has 1 aliphatic rings. The Morgan fingerprint density at radius 3 is 2.17 bits per heavy atom. The van der Waals surface area contributed by atoms with Crippen molar-refractivity contribution in [3.8, 4) is 11.8 Å². The maximum atomic E-state index is 12.3. The van der Waals surface area contributed by atoms with Crippen LogP contribution in [0, 0.1) is 11.3 Å². The summed E-state index contributed by atoms with van der Waals surface area (Å²) in [4.78, 5) is 3.79. The van der Waals surface area contributed by atoms with Crippen molar-refractivity contribution in [2.24, 2.45) is 0 Å². The number of hydrogen-bond donors (Lipinski definition) is 1. The van der Waals surface area contributed by atoms with Crippen LogP contribution in [0.25, 0.3) is 0 Å². The van der Waals surface area contributed by atoms with E-state index in [0.717, 1.165) is 0 Å². The average Bonchev–Trinajstić information content (AvgIpc) is 2.55. The van der Waals surface area contributed by atoms with E-state index in [0.29, 0.717) is 44.0 Å². The molecule has 1 aliphatic heterocycles. The first-order chi connectivity index (χ1) is 11.1. The molecule has 1 atom stereocenters. The van der Waals surface area contributed by atoms with Crippen LogP contribution in [0.2, 0.25) is 0 Å². The number of piperazine rings is 1. The van der Waals surface area contributed by atoms with Crippen LogP contribution in [0.4, 0.5) is 8.78 Å². The minimum Gasteiger partial charge on any atom is -0.491 e. The Kier molecular flexibility index (Phi) is 6.71. The standard InChI is InChI=1S/C16H21F2N3O2/c17-16(18)11-21-7-5-20(6-8-21)10-14(22)12-23-15-3-1-13(9-19)2-4-15/h1-4,14,16,22H,5-8,10-12H2. The number of nitriles is 1. The number of β-amino-alcohol motifs (C(OH)–C–C–N with tert-alkyl or cyclic N) is 1. The molecule has 0 aromatic heterocycles. The van der Waals surface area contributed by atoms with Crippen molar-refractivity contribution in [3.05, 3.63) is 29.8 Å². The molecule has 0 aliphatic carbocycles. The van der Waals surface area contributed by atoms with E-state index in [2.05, 4.69) is 4.90 Å². The van der Waals surface area contributed by atoms with Crippen molar-refractivity contribution in [2.75, 3.05) is 45.9 Å². The average molecular weight is 325 g/mol. The molecule has 5 nitrogen and oxygen atoms in total. The normalized spacial score (nSPS) is 17.9. The molecule has 1 unspecified atom stereocenters. The first kappa shape index (κ1) is 17.6. The number of nitrogens with zero attached hydrogens (tertiary/aromatic N) is 3. The molecule has 2 rings (SSSR count). The highest BCUT2D eigenvalue weighted by molar-refractivity contribution is 5.34. The second kappa shape index (κ2) is 8.77. The lowest BCUT2D eigenvalue weighted by Crippen LogP contribution is -2.50. The highest BCUT2D eigenvalue weighted by Gasteiger charge is 2.21. The largest absolute Gasteiger partial charge is 0.491 e. The molecule has 0 spiro atoms. The van der Waals surface area contributed by atoms with Gasteiger partial charge in [-0.15, -0.1) is 0 Å². The van der Waals surface area contributed by atoms with E-state index in [9.17, 15) is 13.9 Å². The Hall–Kier alpha value is -1.75. The number of hydrogen-bond acceptors (Lipinski definition) is 5. The van der Waals surface area contributed by atoms with E-state index in [1.807, 2.05) is 6.07 Å². The molecule has 0 bridgehead atoms. The fraction of sp³-hybridized carbons (Fsp3) is 0.562. The molecule has 126 valence electrons. The zero-order valence-electron chi connectivity index (χ0n) is 12.9. The molecule has 23 heavy (non-hydrogen) atoms. The Balaban J connectivity index is 1.67. The Bertz CT molecular complexity index is 511. The zero-order chi connectivity index (χ0) is 16.7. The van der Waals surface area contributed by atoms with Gasteiger partial charge in [-0.1, -0.05) is 0 Å². The molecule has 0 saturated carbocycles. The van der Waals surface area contributed by atoms with Gasteiger partial charge >= 0.3 is 0 Å². The van der Waals surface area contributed by atoms with Gasteiger partial charge in [0.2, 0.25) is 0 Å². The number of alkyl halides is 2. The van der Waals surface area contributed by atoms with Crippen LogP contribution in [0.5, 0.6) is 5.75 Å². The van der Waals surface area contributed by atoms with Gasteiger partial charge in [0, 0.05) is 32.7 Å². The van der Waals surface area contributed by atoms with Crippen LogP contribution in [-0.4, -0.2) is 73.3 Å². The summed E-state index contributed by atoms with van der Waals surface area (Å²) in [5.74, 6) is 0.602. The van der Waals surface area contributed by atoms with Gasteiger partial charge in [0.05, 0.1) is 18.2 Å². The lowest BCUT2D eigenvalue weighted by Gasteiger charge is -2.35. The van der Waals surface area contributed by atoms with Gasteiger partial charge in [0.25, 0.3) is 6.43 Å². The molecule has 0 amide bonds. The first-order valence-corrected chi connectivity index (χ1v) is 7.60. The Labute approximate surface area is 134 Å². The van der Waals surface area contributed by atoms with Crippen LogP contribution < -0.4 is 4.74 Å². The number of aliphatic hydroxyl groups is 1. The minimum absolute atomic E-state index is 0.156. The molecular formula is C16H21F2N3O2. The van der Waals surface area contributed by atoms with Crippen LogP contribution in [0.1, 0.15) is 5.56 Å². The van der Waals surface area contributed by atoms with E-state index in [-0.39, 0.29) is 13.2 Å². The molecule has 1 saturated heterocycles. The third-order valence-corrected chi connectivity index (χ3v) is 3.76. The van der Waals surface area contributed by atoms with Gasteiger partial charge < -0.3 is 9.84 Å². The summed E-state index contributed by atoms with van der Waals surface area (Å²) in [5.41, 5.74) is 0.555. The van der Waals surface area contributed by atoms with Crippen molar-refractivity contribution < 1.29 is 18.6 Å². The number of benzene rings is 1. The first-order valence-electron chi connectivity index (χ1n) is 7.60. The molecule has 1 fully saturated rings. The Morgan fingerprint density at radius 2 is 1.65 bits per heavy atom. The van der Waals surface area contributed by atoms with Crippen molar-refractivity contribution in [2.45, 2.75) is 12.5 Å². The number of rotatable bonds is 7. The van der Waals surface area contributed by atoms with Gasteiger partial charge in [0.1, 0.15) is 18.5 Å². The predicted molar refractivity (Wildman–Crippen MR) is 81.5 cm³/mol. The monoisotopic (exact) mass is 325 g/mol. The molecule has 1 N–H and O–H groups in total. The smallest absolute Gasteiger partial charge is 0.251 e. The summed E-state index contributed by atoms with van der Waals surface area (Å²) >= 11 is 0. The van der Waals surface area contributed by atoms with E-state index >= 15 is 0 Å². The third kappa shape index (κ3) is 6.10. The lowest BCUT2D eigenvalue weighted by atomic mass is 10.2. The van der Waals surface area contributed by atoms with Crippen LogP contribution in [0.15, 0.2) is 24.3 Å². The Morgan fingerprint density at radius 1 is 1.09 bits per heavy atom. The third-order valence-electron chi connectivity index (χ3n) is 3.76. The highest BCUT2D eigenvalue weighted by atomic mass is 19.3. The summed E-state index contributed by atoms with van der Waals surface area (Å²) in [7, 11) is 0. The van der Waals surface area contributed by atoms with Crippen molar-refractivity contribution >= 4 is 0 Å². The fourth-order valence-electron chi connectivity index (χ4n) is 2.52. The number of aliphatic hydroxyl groups excluding tert-OH is 1. The molecule has 7 heteroatoms. The minimum atomic E-state index is -2.30. The van der Waals surface area contributed by atoms with Gasteiger partial charge in [-0.05, 0) is 24.3 Å². The second-order valence-corrected chi connectivity index (χ2v) is 5.59. The summed E-state index contributed by atoms with van der Waals surface area (Å²) < 4.78 is 30.1. The van der Waals surface area contributed by atoms with Crippen LogP contribution in [-0.2, 0) is 0 Å². The molecular weight excluding hydrogens is 304 g/mol. The van der Waals surface area contributed by atoms with Crippen molar-refractivity contribution in [3.63, 3.8) is 0 Å². The quantitative estimate of drug-likeness (QED) is 0.816. The maximum absolute atomic E-state index is 12.3. The van der Waals surface area contributed by atoms with Crippen LogP contribution >= 0.6 is 0 Å². The second-order valence-electron chi connectivity index (χ2n) is 5.59. The van der Waals surface area contributed by atoms with Gasteiger partial charge in [-0.25, -0.2) is 8.78 Å². The number of halogens is 2. The molecule has 1 aromatic rings. The molecule has 0 radical (unpaired) electrons. The fourth-order valence-corrected chi connectivity index (χ4v) is 2.52. The molecule has 1 aromatic carbocycles. The van der Waals surface area contributed by atoms with E-state index in [1.165, 1.54) is 0 Å². The maximum Gasteiger partial charge on any atom is 0.251 e. The van der Waals surface area contributed by atoms with Gasteiger partial charge in [-0.3, -0.25) is 9.80 Å². The summed E-state index contributed by atoms with van der Waals surface area (Å²) in [6, 6.07) is 8.72. The topological polar surface area (TPSA) is 59.7 Å². The van der Waals surface area contributed by atoms with E-state index < -0.39 is 12.5 Å². The van der Waals surface area contributed by atoms with Gasteiger partial charge in [0.15, 0.2) is 0 Å². The summed E-state index contributed by atoms with van der Waals surface area (Å²) in [6.45, 7) is 2.95. The predicted octanol–water partition coefficient (Wildman–Crippen LogP) is 1.18. The SMILES string of the molecule is N#Cc1ccc(OCC(O)CN2CCN(CC(F)F)CC2)cc1. The zero-order valence-corrected chi connectivity index (χ0v) is 12.9. The lowest BCUT2D eigenvalue weighted by molar-refractivity contribution is 0.0270. The van der Waals surface area contributed by atoms with Gasteiger partial charge in [-0.2, -0.15) is 5.26 Å². The van der Waals surface area contributed by atoms with Crippen LogP contribution in [0.3, 0.4) is 0 Å².